The molecule has 3 unspecified atom stereocenters. The normalized spacial score (nSPS) is 23.2. The Morgan fingerprint density at radius 1 is 1.10 bits per heavy atom. The van der Waals surface area contributed by atoms with E-state index in [0.29, 0.717) is 19.4 Å². The first kappa shape index (κ1) is 23.3. The molecule has 3 rings (SSSR count). The molecule has 1 aromatic carbocycles. The van der Waals surface area contributed by atoms with Crippen molar-refractivity contribution in [3.63, 3.8) is 0 Å². The molecule has 1 aliphatic heterocycles. The maximum atomic E-state index is 13.0. The zero-order valence-corrected chi connectivity index (χ0v) is 18.7. The third-order valence-corrected chi connectivity index (χ3v) is 7.09. The van der Waals surface area contributed by atoms with Crippen LogP contribution < -0.4 is 4.74 Å². The molecule has 0 aromatic heterocycles. The topological polar surface area (TPSA) is 83.9 Å². The molecule has 31 heavy (non-hydrogen) atoms. The van der Waals surface area contributed by atoms with E-state index in [-0.39, 0.29) is 23.5 Å². The van der Waals surface area contributed by atoms with E-state index in [1.165, 1.54) is 10.5 Å². The van der Waals surface area contributed by atoms with Gasteiger partial charge in [-0.05, 0) is 61.6 Å². The van der Waals surface area contributed by atoms with Crippen LogP contribution >= 0.6 is 0 Å². The van der Waals surface area contributed by atoms with Gasteiger partial charge in [0.25, 0.3) is 5.91 Å². The van der Waals surface area contributed by atoms with Gasteiger partial charge >= 0.3 is 5.97 Å². The first-order valence-electron chi connectivity index (χ1n) is 11.7. The van der Waals surface area contributed by atoms with Gasteiger partial charge in [0.1, 0.15) is 11.8 Å². The molecule has 1 aliphatic carbocycles. The molecule has 6 nitrogen and oxygen atoms in total. The van der Waals surface area contributed by atoms with E-state index in [4.69, 9.17) is 4.74 Å². The van der Waals surface area contributed by atoms with Gasteiger partial charge in [0.2, 0.25) is 5.78 Å². The number of likely N-dealkylation sites (tertiary alicyclic amines) is 1. The SMILES string of the molecule is CCCC(c1ccc(OC)cc1)C1CCN(C(=O)C(=O)C2CCCCC2)C(C(=O)O)C1. The Kier molecular flexibility index (Phi) is 8.10. The standard InChI is InChI=1S/C25H35NO5/c1-3-7-21(17-10-12-20(31-2)13-11-17)19-14-15-26(22(16-19)25(29)30)24(28)23(27)18-8-5-4-6-9-18/h10-13,18-19,21-22H,3-9,14-16H2,1-2H3,(H,29,30). The minimum Gasteiger partial charge on any atom is -0.497 e. The summed E-state index contributed by atoms with van der Waals surface area (Å²) in [7, 11) is 1.64. The molecule has 1 heterocycles. The second-order valence-corrected chi connectivity index (χ2v) is 9.00. The molecular weight excluding hydrogens is 394 g/mol. The van der Waals surface area contributed by atoms with E-state index in [0.717, 1.165) is 50.7 Å². The molecular formula is C25H35NO5. The number of hydrogen-bond acceptors (Lipinski definition) is 4. The molecule has 170 valence electrons. The fourth-order valence-electron chi connectivity index (χ4n) is 5.35. The summed E-state index contributed by atoms with van der Waals surface area (Å²) in [6.07, 6.45) is 7.57. The van der Waals surface area contributed by atoms with Crippen molar-refractivity contribution in [2.75, 3.05) is 13.7 Å². The summed E-state index contributed by atoms with van der Waals surface area (Å²) in [6.45, 7) is 2.46. The van der Waals surface area contributed by atoms with E-state index >= 15 is 0 Å². The Labute approximate surface area is 185 Å². The predicted molar refractivity (Wildman–Crippen MR) is 118 cm³/mol. The van der Waals surface area contributed by atoms with E-state index in [9.17, 15) is 19.5 Å². The summed E-state index contributed by atoms with van der Waals surface area (Å²) in [5.74, 6) is -1.05. The second-order valence-electron chi connectivity index (χ2n) is 9.00. The average molecular weight is 430 g/mol. The lowest BCUT2D eigenvalue weighted by Gasteiger charge is -2.40. The number of benzene rings is 1. The van der Waals surface area contributed by atoms with Gasteiger partial charge in [-0.1, -0.05) is 44.7 Å². The summed E-state index contributed by atoms with van der Waals surface area (Å²) in [6, 6.07) is 7.05. The fourth-order valence-corrected chi connectivity index (χ4v) is 5.35. The van der Waals surface area contributed by atoms with Gasteiger partial charge in [0.15, 0.2) is 0 Å². The highest BCUT2D eigenvalue weighted by molar-refractivity contribution is 6.37. The van der Waals surface area contributed by atoms with Crippen molar-refractivity contribution < 1.29 is 24.2 Å². The number of aliphatic carboxylic acids is 1. The summed E-state index contributed by atoms with van der Waals surface area (Å²) in [4.78, 5) is 39.2. The number of nitrogens with zero attached hydrogens (tertiary/aromatic N) is 1. The van der Waals surface area contributed by atoms with Crippen LogP contribution in [0.2, 0.25) is 0 Å². The van der Waals surface area contributed by atoms with Gasteiger partial charge in [-0.15, -0.1) is 0 Å². The number of amides is 1. The van der Waals surface area contributed by atoms with Crippen molar-refractivity contribution in [1.82, 2.24) is 4.90 Å². The number of piperidine rings is 1. The van der Waals surface area contributed by atoms with Crippen molar-refractivity contribution >= 4 is 17.7 Å². The lowest BCUT2D eigenvalue weighted by molar-refractivity contribution is -0.158. The van der Waals surface area contributed by atoms with E-state index < -0.39 is 17.9 Å². The number of ketones is 1. The van der Waals surface area contributed by atoms with Crippen molar-refractivity contribution in [2.45, 2.75) is 76.7 Å². The molecule has 1 saturated carbocycles. The number of methoxy groups -OCH3 is 1. The maximum absolute atomic E-state index is 13.0. The molecule has 0 radical (unpaired) electrons. The van der Waals surface area contributed by atoms with Crippen LogP contribution in [0, 0.1) is 11.8 Å². The summed E-state index contributed by atoms with van der Waals surface area (Å²) >= 11 is 0. The minimum atomic E-state index is -1.01. The number of carbonyl (C=O) groups excluding carboxylic acids is 2. The number of Topliss-reactive ketones (excluding diaryl/α,β-unsaturated/α-hetero) is 1. The van der Waals surface area contributed by atoms with Gasteiger partial charge < -0.3 is 14.7 Å². The quantitative estimate of drug-likeness (QED) is 0.619. The molecule has 1 saturated heterocycles. The third-order valence-electron chi connectivity index (χ3n) is 7.09. The molecule has 0 spiro atoms. The van der Waals surface area contributed by atoms with Crippen LogP contribution in [-0.2, 0) is 14.4 Å². The van der Waals surface area contributed by atoms with Crippen LogP contribution in [0.3, 0.4) is 0 Å². The van der Waals surface area contributed by atoms with Gasteiger partial charge in [0.05, 0.1) is 7.11 Å². The van der Waals surface area contributed by atoms with Crippen LogP contribution in [-0.4, -0.2) is 47.4 Å². The number of carboxylic acids is 1. The lowest BCUT2D eigenvalue weighted by atomic mass is 9.75. The molecule has 1 N–H and O–H groups in total. The lowest BCUT2D eigenvalue weighted by Crippen LogP contribution is -2.53. The first-order chi connectivity index (χ1) is 15.0. The Balaban J connectivity index is 1.74. The molecule has 1 aromatic rings. The minimum absolute atomic E-state index is 0.156. The zero-order valence-electron chi connectivity index (χ0n) is 18.7. The fraction of sp³-hybridized carbons (Fsp3) is 0.640. The Morgan fingerprint density at radius 3 is 2.35 bits per heavy atom. The summed E-state index contributed by atoms with van der Waals surface area (Å²) in [5.41, 5.74) is 1.18. The first-order valence-corrected chi connectivity index (χ1v) is 11.7. The summed E-state index contributed by atoms with van der Waals surface area (Å²) < 4.78 is 5.26. The van der Waals surface area contributed by atoms with Crippen LogP contribution in [0.15, 0.2) is 24.3 Å². The van der Waals surface area contributed by atoms with Gasteiger partial charge in [-0.2, -0.15) is 0 Å². The molecule has 2 aliphatic rings. The third kappa shape index (κ3) is 5.46. The number of carbonyl (C=O) groups is 3. The smallest absolute Gasteiger partial charge is 0.326 e. The van der Waals surface area contributed by atoms with E-state index in [2.05, 4.69) is 19.1 Å². The summed E-state index contributed by atoms with van der Waals surface area (Å²) in [5, 5.41) is 9.90. The van der Waals surface area contributed by atoms with Gasteiger partial charge in [0, 0.05) is 12.5 Å². The van der Waals surface area contributed by atoms with Crippen LogP contribution in [0.25, 0.3) is 0 Å². The van der Waals surface area contributed by atoms with Crippen LogP contribution in [0.1, 0.15) is 76.2 Å². The highest BCUT2D eigenvalue weighted by Gasteiger charge is 2.42. The highest BCUT2D eigenvalue weighted by Crippen LogP contribution is 2.39. The Morgan fingerprint density at radius 2 is 1.77 bits per heavy atom. The van der Waals surface area contributed by atoms with Crippen molar-refractivity contribution in [3.05, 3.63) is 29.8 Å². The van der Waals surface area contributed by atoms with Gasteiger partial charge in [-0.3, -0.25) is 9.59 Å². The second kappa shape index (κ2) is 10.8. The molecule has 2 fully saturated rings. The van der Waals surface area contributed by atoms with Crippen LogP contribution in [0.4, 0.5) is 0 Å². The number of hydrogen-bond donors (Lipinski definition) is 1. The molecule has 3 atom stereocenters. The number of rotatable bonds is 8. The Hall–Kier alpha value is -2.37. The van der Waals surface area contributed by atoms with Crippen LogP contribution in [0.5, 0.6) is 5.75 Å². The maximum Gasteiger partial charge on any atom is 0.326 e. The van der Waals surface area contributed by atoms with Crippen molar-refractivity contribution in [3.8, 4) is 5.75 Å². The average Bonchev–Trinajstić information content (AvgIpc) is 2.82. The monoisotopic (exact) mass is 429 g/mol. The highest BCUT2D eigenvalue weighted by atomic mass is 16.5. The van der Waals surface area contributed by atoms with Gasteiger partial charge in [-0.25, -0.2) is 4.79 Å². The molecule has 1 amide bonds. The zero-order chi connectivity index (χ0) is 22.4. The Bertz CT molecular complexity index is 769. The number of ether oxygens (including phenoxy) is 1. The van der Waals surface area contributed by atoms with Crippen molar-refractivity contribution in [2.24, 2.45) is 11.8 Å². The largest absolute Gasteiger partial charge is 0.497 e. The van der Waals surface area contributed by atoms with Crippen molar-refractivity contribution in [1.29, 1.82) is 0 Å². The van der Waals surface area contributed by atoms with E-state index in [1.807, 2.05) is 12.1 Å². The molecule has 6 heteroatoms. The van der Waals surface area contributed by atoms with E-state index in [1.54, 1.807) is 7.11 Å². The predicted octanol–water partition coefficient (Wildman–Crippen LogP) is 4.42. The number of carboxylic acid groups (broad SMARTS) is 1. The molecule has 0 bridgehead atoms.